The van der Waals surface area contributed by atoms with Crippen LogP contribution in [0.2, 0.25) is 0 Å². The molecule has 0 aliphatic rings. The molecule has 19 heavy (non-hydrogen) atoms. The van der Waals surface area contributed by atoms with Gasteiger partial charge in [0.15, 0.2) is 0 Å². The third-order valence-electron chi connectivity index (χ3n) is 3.17. The number of rotatable bonds is 5. The van der Waals surface area contributed by atoms with Crippen LogP contribution in [-0.2, 0) is 6.42 Å². The van der Waals surface area contributed by atoms with Gasteiger partial charge >= 0.3 is 0 Å². The Morgan fingerprint density at radius 1 is 1.37 bits per heavy atom. The maximum absolute atomic E-state index is 5.74. The molecule has 3 N–H and O–H groups in total. The highest BCUT2D eigenvalue weighted by atomic mass is 32.2. The Morgan fingerprint density at radius 2 is 2.11 bits per heavy atom. The van der Waals surface area contributed by atoms with Crippen LogP contribution in [0, 0.1) is 13.8 Å². The van der Waals surface area contributed by atoms with Crippen LogP contribution in [-0.4, -0.2) is 11.2 Å². The molecule has 1 unspecified atom stereocenters. The molecule has 0 radical (unpaired) electrons. The number of hydrazine groups is 1. The molecular weight excluding hydrogens is 274 g/mol. The smallest absolute Gasteiger partial charge is 0.0950 e. The molecule has 0 saturated heterocycles. The molecule has 1 aromatic heterocycles. The Morgan fingerprint density at radius 3 is 2.68 bits per heavy atom. The molecule has 3 nitrogen and oxygen atoms in total. The van der Waals surface area contributed by atoms with E-state index in [1.54, 1.807) is 23.1 Å². The Kier molecular flexibility index (Phi) is 4.99. The van der Waals surface area contributed by atoms with Crippen LogP contribution < -0.4 is 11.3 Å². The average molecular weight is 293 g/mol. The first-order valence-electron chi connectivity index (χ1n) is 6.17. The van der Waals surface area contributed by atoms with Crippen LogP contribution in [0.3, 0.4) is 0 Å². The van der Waals surface area contributed by atoms with E-state index in [-0.39, 0.29) is 6.04 Å². The third kappa shape index (κ3) is 3.36. The summed E-state index contributed by atoms with van der Waals surface area (Å²) in [6.45, 7) is 4.16. The van der Waals surface area contributed by atoms with Crippen molar-refractivity contribution in [2.45, 2.75) is 31.2 Å². The van der Waals surface area contributed by atoms with Crippen molar-refractivity contribution in [3.05, 3.63) is 45.4 Å². The number of hydrogen-bond donors (Lipinski definition) is 2. The maximum atomic E-state index is 5.74. The summed E-state index contributed by atoms with van der Waals surface area (Å²) in [5.74, 6) is 5.74. The maximum Gasteiger partial charge on any atom is 0.0950 e. The second kappa shape index (κ2) is 6.52. The quantitative estimate of drug-likeness (QED) is 0.505. The molecule has 0 amide bonds. The van der Waals surface area contributed by atoms with Crippen molar-refractivity contribution < 1.29 is 0 Å². The zero-order valence-electron chi connectivity index (χ0n) is 11.4. The van der Waals surface area contributed by atoms with E-state index in [9.17, 15) is 0 Å². The zero-order valence-corrected chi connectivity index (χ0v) is 13.1. The minimum atomic E-state index is 0.105. The SMILES string of the molecule is CSc1ccccc1C(Cc1nc(C)c(C)s1)NN. The van der Waals surface area contributed by atoms with Gasteiger partial charge in [0.2, 0.25) is 0 Å². The molecule has 0 aliphatic heterocycles. The van der Waals surface area contributed by atoms with E-state index in [0.717, 1.165) is 17.1 Å². The molecule has 2 rings (SSSR count). The first kappa shape index (κ1) is 14.5. The van der Waals surface area contributed by atoms with Crippen LogP contribution in [0.15, 0.2) is 29.2 Å². The van der Waals surface area contributed by atoms with Crippen LogP contribution in [0.5, 0.6) is 0 Å². The average Bonchev–Trinajstić information content (AvgIpc) is 2.75. The normalized spacial score (nSPS) is 12.6. The lowest BCUT2D eigenvalue weighted by Crippen LogP contribution is -2.30. The van der Waals surface area contributed by atoms with Crippen molar-refractivity contribution in [3.63, 3.8) is 0 Å². The third-order valence-corrected chi connectivity index (χ3v) is 5.07. The van der Waals surface area contributed by atoms with Crippen molar-refractivity contribution in [3.8, 4) is 0 Å². The van der Waals surface area contributed by atoms with Gasteiger partial charge in [-0.1, -0.05) is 18.2 Å². The molecule has 1 aromatic carbocycles. The highest BCUT2D eigenvalue weighted by Crippen LogP contribution is 2.29. The summed E-state index contributed by atoms with van der Waals surface area (Å²) in [6.07, 6.45) is 2.91. The number of aromatic nitrogens is 1. The van der Waals surface area contributed by atoms with Gasteiger partial charge in [-0.25, -0.2) is 4.98 Å². The van der Waals surface area contributed by atoms with Crippen molar-refractivity contribution in [1.29, 1.82) is 0 Å². The summed E-state index contributed by atoms with van der Waals surface area (Å²) in [5.41, 5.74) is 5.28. The van der Waals surface area contributed by atoms with Crippen molar-refractivity contribution >= 4 is 23.1 Å². The van der Waals surface area contributed by atoms with Gasteiger partial charge in [-0.15, -0.1) is 23.1 Å². The first-order valence-corrected chi connectivity index (χ1v) is 8.21. The molecule has 1 heterocycles. The van der Waals surface area contributed by atoms with Gasteiger partial charge in [-0.05, 0) is 31.7 Å². The number of hydrogen-bond acceptors (Lipinski definition) is 5. The number of benzene rings is 1. The summed E-state index contributed by atoms with van der Waals surface area (Å²) in [4.78, 5) is 7.14. The standard InChI is InChI=1S/C14H19N3S2/c1-9-10(2)19-14(16-9)8-12(17-15)11-6-4-5-7-13(11)18-3/h4-7,12,17H,8,15H2,1-3H3. The minimum absolute atomic E-state index is 0.105. The monoisotopic (exact) mass is 293 g/mol. The van der Waals surface area contributed by atoms with Gasteiger partial charge in [0, 0.05) is 16.2 Å². The predicted molar refractivity (Wildman–Crippen MR) is 83.6 cm³/mol. The lowest BCUT2D eigenvalue weighted by Gasteiger charge is -2.17. The molecule has 0 bridgehead atoms. The number of aryl methyl sites for hydroxylation is 2. The van der Waals surface area contributed by atoms with Crippen molar-refractivity contribution in [2.24, 2.45) is 5.84 Å². The summed E-state index contributed by atoms with van der Waals surface area (Å²) in [6, 6.07) is 8.47. The molecular formula is C14H19N3S2. The van der Waals surface area contributed by atoms with Gasteiger partial charge in [-0.3, -0.25) is 11.3 Å². The molecule has 0 fully saturated rings. The predicted octanol–water partition coefficient (Wildman–Crippen LogP) is 3.23. The van der Waals surface area contributed by atoms with Crippen LogP contribution in [0.4, 0.5) is 0 Å². The van der Waals surface area contributed by atoms with Crippen LogP contribution in [0.1, 0.15) is 27.2 Å². The molecule has 2 aromatic rings. The number of nitrogens with two attached hydrogens (primary N) is 1. The summed E-state index contributed by atoms with van der Waals surface area (Å²) in [7, 11) is 0. The second-order valence-electron chi connectivity index (χ2n) is 4.41. The topological polar surface area (TPSA) is 50.9 Å². The van der Waals surface area contributed by atoms with E-state index >= 15 is 0 Å². The van der Waals surface area contributed by atoms with Crippen LogP contribution in [0.25, 0.3) is 0 Å². The largest absolute Gasteiger partial charge is 0.271 e. The van der Waals surface area contributed by atoms with Gasteiger partial charge in [0.25, 0.3) is 0 Å². The molecule has 0 aliphatic carbocycles. The second-order valence-corrected chi connectivity index (χ2v) is 6.55. The number of nitrogens with zero attached hydrogens (tertiary/aromatic N) is 1. The number of nitrogens with one attached hydrogen (secondary N) is 1. The summed E-state index contributed by atoms with van der Waals surface area (Å²) in [5, 5.41) is 1.13. The summed E-state index contributed by atoms with van der Waals surface area (Å²) >= 11 is 3.50. The van der Waals surface area contributed by atoms with E-state index in [1.165, 1.54) is 15.3 Å². The van der Waals surface area contributed by atoms with E-state index in [2.05, 4.69) is 54.8 Å². The Balaban J connectivity index is 2.24. The first-order chi connectivity index (χ1) is 9.15. The fourth-order valence-corrected chi connectivity index (χ4v) is 3.65. The molecule has 5 heteroatoms. The summed E-state index contributed by atoms with van der Waals surface area (Å²) < 4.78 is 0. The van der Waals surface area contributed by atoms with Gasteiger partial charge in [-0.2, -0.15) is 0 Å². The van der Waals surface area contributed by atoms with E-state index in [4.69, 9.17) is 5.84 Å². The number of thiazole rings is 1. The van der Waals surface area contributed by atoms with E-state index in [1.807, 2.05) is 0 Å². The van der Waals surface area contributed by atoms with Crippen molar-refractivity contribution in [2.75, 3.05) is 6.26 Å². The molecule has 0 saturated carbocycles. The Bertz CT molecular complexity index is 532. The Hall–Kier alpha value is -0.880. The zero-order chi connectivity index (χ0) is 13.8. The minimum Gasteiger partial charge on any atom is -0.271 e. The fourth-order valence-electron chi connectivity index (χ4n) is 2.01. The van der Waals surface area contributed by atoms with Gasteiger partial charge < -0.3 is 0 Å². The fraction of sp³-hybridized carbons (Fsp3) is 0.357. The van der Waals surface area contributed by atoms with Crippen LogP contribution >= 0.6 is 23.1 Å². The van der Waals surface area contributed by atoms with Gasteiger partial charge in [0.05, 0.1) is 16.7 Å². The lowest BCUT2D eigenvalue weighted by molar-refractivity contribution is 0.543. The molecule has 102 valence electrons. The lowest BCUT2D eigenvalue weighted by atomic mass is 10.0. The molecule has 1 atom stereocenters. The highest BCUT2D eigenvalue weighted by Gasteiger charge is 2.16. The van der Waals surface area contributed by atoms with E-state index < -0.39 is 0 Å². The highest BCUT2D eigenvalue weighted by molar-refractivity contribution is 7.98. The van der Waals surface area contributed by atoms with E-state index in [0.29, 0.717) is 0 Å². The molecule has 0 spiro atoms. The van der Waals surface area contributed by atoms with Crippen molar-refractivity contribution in [1.82, 2.24) is 10.4 Å². The van der Waals surface area contributed by atoms with Gasteiger partial charge in [0.1, 0.15) is 0 Å². The number of thioether (sulfide) groups is 1. The Labute approximate surface area is 122 Å².